The molecular formula is C19H25NO4. The van der Waals surface area contributed by atoms with E-state index in [2.05, 4.69) is 17.4 Å². The number of carboxylic acid groups (broad SMARTS) is 1. The maximum atomic E-state index is 12.4. The van der Waals surface area contributed by atoms with E-state index in [1.165, 1.54) is 11.1 Å². The number of hydrogen-bond donors (Lipinski definition) is 2. The number of nitrogens with one attached hydrogen (secondary N) is 1. The van der Waals surface area contributed by atoms with Crippen LogP contribution in [0.4, 0.5) is 0 Å². The quantitative estimate of drug-likeness (QED) is 0.869. The molecule has 0 bridgehead atoms. The highest BCUT2D eigenvalue weighted by atomic mass is 16.5. The highest BCUT2D eigenvalue weighted by Crippen LogP contribution is 2.34. The molecule has 130 valence electrons. The number of aliphatic carboxylic acids is 1. The molecule has 1 aliphatic carbocycles. The second-order valence-electron chi connectivity index (χ2n) is 6.81. The monoisotopic (exact) mass is 331 g/mol. The second kappa shape index (κ2) is 7.79. The Hall–Kier alpha value is -1.88. The third-order valence-corrected chi connectivity index (χ3v) is 5.22. The lowest BCUT2D eigenvalue weighted by Crippen LogP contribution is -2.45. The molecule has 1 heterocycles. The van der Waals surface area contributed by atoms with Crippen molar-refractivity contribution in [3.8, 4) is 0 Å². The fraction of sp³-hybridized carbons (Fsp3) is 0.579. The van der Waals surface area contributed by atoms with Gasteiger partial charge in [-0.2, -0.15) is 0 Å². The summed E-state index contributed by atoms with van der Waals surface area (Å²) < 4.78 is 5.27. The van der Waals surface area contributed by atoms with Gasteiger partial charge in [-0.05, 0) is 55.6 Å². The number of benzene rings is 1. The first-order valence-corrected chi connectivity index (χ1v) is 8.84. The van der Waals surface area contributed by atoms with Crippen molar-refractivity contribution in [2.24, 2.45) is 5.92 Å². The van der Waals surface area contributed by atoms with Crippen molar-refractivity contribution in [1.29, 1.82) is 0 Å². The Bertz CT molecular complexity index is 595. The third kappa shape index (κ3) is 3.96. The van der Waals surface area contributed by atoms with E-state index in [9.17, 15) is 14.7 Å². The minimum Gasteiger partial charge on any atom is -0.480 e. The topological polar surface area (TPSA) is 75.6 Å². The molecule has 1 aromatic carbocycles. The molecule has 1 amide bonds. The van der Waals surface area contributed by atoms with Gasteiger partial charge in [-0.25, -0.2) is 4.79 Å². The number of rotatable bonds is 5. The van der Waals surface area contributed by atoms with Gasteiger partial charge in [-0.3, -0.25) is 4.79 Å². The summed E-state index contributed by atoms with van der Waals surface area (Å²) in [6, 6.07) is 7.43. The van der Waals surface area contributed by atoms with E-state index in [1.807, 2.05) is 12.1 Å². The van der Waals surface area contributed by atoms with Crippen LogP contribution in [0.3, 0.4) is 0 Å². The number of carbonyl (C=O) groups excluding carboxylic acids is 1. The van der Waals surface area contributed by atoms with E-state index in [-0.39, 0.29) is 17.7 Å². The minimum atomic E-state index is -0.946. The SMILES string of the molecule is O=C(NC(CC1CCCc2ccccc21)C(=O)O)C1CCOCC1. The Morgan fingerprint density at radius 2 is 1.96 bits per heavy atom. The first kappa shape index (κ1) is 17.0. The van der Waals surface area contributed by atoms with Crippen LogP contribution >= 0.6 is 0 Å². The van der Waals surface area contributed by atoms with Crippen molar-refractivity contribution in [1.82, 2.24) is 5.32 Å². The van der Waals surface area contributed by atoms with E-state index < -0.39 is 12.0 Å². The smallest absolute Gasteiger partial charge is 0.326 e. The third-order valence-electron chi connectivity index (χ3n) is 5.22. The van der Waals surface area contributed by atoms with Crippen molar-refractivity contribution < 1.29 is 19.4 Å². The number of hydrogen-bond acceptors (Lipinski definition) is 3. The number of carboxylic acids is 1. The van der Waals surface area contributed by atoms with E-state index in [0.717, 1.165) is 19.3 Å². The van der Waals surface area contributed by atoms with Crippen molar-refractivity contribution >= 4 is 11.9 Å². The van der Waals surface area contributed by atoms with Crippen molar-refractivity contribution in [3.63, 3.8) is 0 Å². The Morgan fingerprint density at radius 1 is 1.21 bits per heavy atom. The Morgan fingerprint density at radius 3 is 2.71 bits per heavy atom. The molecule has 5 heteroatoms. The van der Waals surface area contributed by atoms with Gasteiger partial charge in [0.1, 0.15) is 6.04 Å². The van der Waals surface area contributed by atoms with Gasteiger partial charge < -0.3 is 15.2 Å². The van der Waals surface area contributed by atoms with Crippen LogP contribution in [-0.2, 0) is 20.7 Å². The van der Waals surface area contributed by atoms with E-state index in [0.29, 0.717) is 32.5 Å². The molecule has 1 saturated heterocycles. The van der Waals surface area contributed by atoms with Gasteiger partial charge in [0, 0.05) is 19.1 Å². The van der Waals surface area contributed by atoms with Crippen LogP contribution in [0.5, 0.6) is 0 Å². The van der Waals surface area contributed by atoms with Crippen LogP contribution < -0.4 is 5.32 Å². The summed E-state index contributed by atoms with van der Waals surface area (Å²) in [5.74, 6) is -1.02. The zero-order valence-corrected chi connectivity index (χ0v) is 13.9. The van der Waals surface area contributed by atoms with E-state index in [1.54, 1.807) is 0 Å². The van der Waals surface area contributed by atoms with E-state index >= 15 is 0 Å². The van der Waals surface area contributed by atoms with Crippen molar-refractivity contribution in [2.45, 2.75) is 50.5 Å². The van der Waals surface area contributed by atoms with Crippen LogP contribution in [0.15, 0.2) is 24.3 Å². The molecule has 1 aromatic rings. The average Bonchev–Trinajstić information content (AvgIpc) is 2.62. The molecule has 0 spiro atoms. The number of aryl methyl sites for hydroxylation is 1. The van der Waals surface area contributed by atoms with Gasteiger partial charge in [0.2, 0.25) is 5.91 Å². The summed E-state index contributed by atoms with van der Waals surface area (Å²) in [7, 11) is 0. The molecule has 24 heavy (non-hydrogen) atoms. The lowest BCUT2D eigenvalue weighted by molar-refractivity contribution is -0.143. The summed E-state index contributed by atoms with van der Waals surface area (Å²) in [5.41, 5.74) is 2.56. The predicted octanol–water partition coefficient (Wildman–Crippen LogP) is 2.49. The summed E-state index contributed by atoms with van der Waals surface area (Å²) in [4.78, 5) is 24.0. The molecule has 1 aliphatic heterocycles. The van der Waals surface area contributed by atoms with Gasteiger partial charge in [-0.15, -0.1) is 0 Å². The minimum absolute atomic E-state index is 0.126. The predicted molar refractivity (Wildman–Crippen MR) is 89.8 cm³/mol. The molecular weight excluding hydrogens is 306 g/mol. The second-order valence-corrected chi connectivity index (χ2v) is 6.81. The summed E-state index contributed by atoms with van der Waals surface area (Å²) in [5, 5.41) is 12.3. The van der Waals surface area contributed by atoms with Crippen LogP contribution in [-0.4, -0.2) is 36.2 Å². The van der Waals surface area contributed by atoms with Gasteiger partial charge in [0.05, 0.1) is 0 Å². The maximum Gasteiger partial charge on any atom is 0.326 e. The zero-order valence-electron chi connectivity index (χ0n) is 13.9. The fourth-order valence-corrected chi connectivity index (χ4v) is 3.85. The normalized spacial score (nSPS) is 22.4. The van der Waals surface area contributed by atoms with Crippen molar-refractivity contribution in [3.05, 3.63) is 35.4 Å². The Balaban J connectivity index is 1.66. The molecule has 2 N–H and O–H groups in total. The van der Waals surface area contributed by atoms with Gasteiger partial charge in [-0.1, -0.05) is 24.3 Å². The lowest BCUT2D eigenvalue weighted by Gasteiger charge is -2.29. The molecule has 0 saturated carbocycles. The number of fused-ring (bicyclic) bond motifs is 1. The van der Waals surface area contributed by atoms with Crippen LogP contribution in [0.25, 0.3) is 0 Å². The van der Waals surface area contributed by atoms with Gasteiger partial charge >= 0.3 is 5.97 Å². The fourth-order valence-electron chi connectivity index (χ4n) is 3.85. The van der Waals surface area contributed by atoms with Crippen molar-refractivity contribution in [2.75, 3.05) is 13.2 Å². The number of ether oxygens (including phenoxy) is 1. The molecule has 3 rings (SSSR count). The maximum absolute atomic E-state index is 12.4. The number of carbonyl (C=O) groups is 2. The van der Waals surface area contributed by atoms with Crippen LogP contribution in [0.1, 0.15) is 49.1 Å². The first-order valence-electron chi connectivity index (χ1n) is 8.84. The summed E-state index contributed by atoms with van der Waals surface area (Å²) in [6.45, 7) is 1.15. The Labute approximate surface area is 142 Å². The zero-order chi connectivity index (χ0) is 16.9. The average molecular weight is 331 g/mol. The molecule has 2 atom stereocenters. The molecule has 0 aromatic heterocycles. The van der Waals surface area contributed by atoms with Gasteiger partial charge in [0.25, 0.3) is 0 Å². The highest BCUT2D eigenvalue weighted by Gasteiger charge is 2.30. The Kier molecular flexibility index (Phi) is 5.51. The summed E-state index contributed by atoms with van der Waals surface area (Å²) in [6.07, 6.45) is 4.91. The molecule has 5 nitrogen and oxygen atoms in total. The van der Waals surface area contributed by atoms with E-state index in [4.69, 9.17) is 4.74 Å². The highest BCUT2D eigenvalue weighted by molar-refractivity contribution is 5.85. The van der Waals surface area contributed by atoms with Crippen LogP contribution in [0.2, 0.25) is 0 Å². The molecule has 2 unspecified atom stereocenters. The molecule has 1 fully saturated rings. The molecule has 0 radical (unpaired) electrons. The first-order chi connectivity index (χ1) is 11.6. The largest absolute Gasteiger partial charge is 0.480 e. The number of amides is 1. The summed E-state index contributed by atoms with van der Waals surface area (Å²) >= 11 is 0. The standard InChI is InChI=1S/C19H25NO4/c21-18(14-8-10-24-11-9-14)20-17(19(22)23)12-15-6-3-5-13-4-1-2-7-16(13)15/h1-2,4,7,14-15,17H,3,5-6,8-12H2,(H,20,21)(H,22,23). The van der Waals surface area contributed by atoms with Gasteiger partial charge in [0.15, 0.2) is 0 Å². The molecule has 2 aliphatic rings. The van der Waals surface area contributed by atoms with Crippen LogP contribution in [0, 0.1) is 5.92 Å². The lowest BCUT2D eigenvalue weighted by atomic mass is 9.79.